The van der Waals surface area contributed by atoms with Gasteiger partial charge in [0.2, 0.25) is 0 Å². The summed E-state index contributed by atoms with van der Waals surface area (Å²) < 4.78 is 13.3. The number of carbonyl (C=O) groups is 3. The van der Waals surface area contributed by atoms with Crippen LogP contribution in [0, 0.1) is 11.7 Å². The Hall–Kier alpha value is -3.48. The van der Waals surface area contributed by atoms with Gasteiger partial charge in [0, 0.05) is 31.3 Å². The molecule has 0 aromatic heterocycles. The van der Waals surface area contributed by atoms with Crippen LogP contribution in [-0.4, -0.2) is 35.7 Å². The second kappa shape index (κ2) is 8.71. The Morgan fingerprint density at radius 2 is 1.81 bits per heavy atom. The third-order valence-corrected chi connectivity index (χ3v) is 5.76. The second-order valence-electron chi connectivity index (χ2n) is 8.04. The SMILES string of the molecule is CC1CCN(C2=CC(=O)N(c3ccc(C(=O)NCc4cccc(F)c4)cc3)C2=O)CC1. The number of likely N-dealkylation sites (tertiary alicyclic amines) is 1. The summed E-state index contributed by atoms with van der Waals surface area (Å²) in [7, 11) is 0. The summed E-state index contributed by atoms with van der Waals surface area (Å²) in [6, 6.07) is 12.3. The molecule has 0 saturated carbocycles. The zero-order valence-electron chi connectivity index (χ0n) is 17.3. The third kappa shape index (κ3) is 4.50. The van der Waals surface area contributed by atoms with Crippen molar-refractivity contribution >= 4 is 23.4 Å². The highest BCUT2D eigenvalue weighted by molar-refractivity contribution is 6.30. The maximum atomic E-state index is 13.3. The Balaban J connectivity index is 1.40. The predicted octanol–water partition coefficient (Wildman–Crippen LogP) is 3.24. The summed E-state index contributed by atoms with van der Waals surface area (Å²) in [5.74, 6) is -0.760. The molecule has 31 heavy (non-hydrogen) atoms. The Bertz CT molecular complexity index is 1040. The van der Waals surface area contributed by atoms with Crippen LogP contribution in [0.1, 0.15) is 35.7 Å². The van der Waals surface area contributed by atoms with Crippen molar-refractivity contribution in [1.82, 2.24) is 10.2 Å². The monoisotopic (exact) mass is 421 g/mol. The molecule has 2 heterocycles. The smallest absolute Gasteiger partial charge is 0.281 e. The Morgan fingerprint density at radius 1 is 1.10 bits per heavy atom. The van der Waals surface area contributed by atoms with Crippen LogP contribution in [0.25, 0.3) is 0 Å². The van der Waals surface area contributed by atoms with Gasteiger partial charge >= 0.3 is 0 Å². The summed E-state index contributed by atoms with van der Waals surface area (Å²) in [5.41, 5.74) is 1.91. The Kier molecular flexibility index (Phi) is 5.84. The van der Waals surface area contributed by atoms with E-state index in [9.17, 15) is 18.8 Å². The van der Waals surface area contributed by atoms with E-state index < -0.39 is 0 Å². The third-order valence-electron chi connectivity index (χ3n) is 5.76. The van der Waals surface area contributed by atoms with Gasteiger partial charge in [-0.3, -0.25) is 14.4 Å². The number of hydrogen-bond acceptors (Lipinski definition) is 4. The zero-order valence-corrected chi connectivity index (χ0v) is 17.3. The lowest BCUT2D eigenvalue weighted by molar-refractivity contribution is -0.121. The maximum Gasteiger partial charge on any atom is 0.281 e. The molecule has 2 aromatic carbocycles. The van der Waals surface area contributed by atoms with E-state index in [1.54, 1.807) is 36.4 Å². The van der Waals surface area contributed by atoms with Crippen LogP contribution >= 0.6 is 0 Å². The van der Waals surface area contributed by atoms with Crippen molar-refractivity contribution in [2.45, 2.75) is 26.3 Å². The fourth-order valence-electron chi connectivity index (χ4n) is 3.87. The van der Waals surface area contributed by atoms with Gasteiger partial charge in [-0.1, -0.05) is 19.1 Å². The summed E-state index contributed by atoms with van der Waals surface area (Å²) in [6.07, 6.45) is 3.40. The number of halogens is 1. The number of benzene rings is 2. The normalized spacial score (nSPS) is 17.2. The predicted molar refractivity (Wildman–Crippen MR) is 115 cm³/mol. The quantitative estimate of drug-likeness (QED) is 0.753. The zero-order chi connectivity index (χ0) is 22.0. The molecule has 4 rings (SSSR count). The van der Waals surface area contributed by atoms with Gasteiger partial charge in [-0.15, -0.1) is 0 Å². The summed E-state index contributed by atoms with van der Waals surface area (Å²) in [6.45, 7) is 3.92. The molecule has 0 spiro atoms. The summed E-state index contributed by atoms with van der Waals surface area (Å²) in [4.78, 5) is 40.9. The van der Waals surface area contributed by atoms with Crippen LogP contribution in [0.15, 0.2) is 60.3 Å². The fourth-order valence-corrected chi connectivity index (χ4v) is 3.87. The van der Waals surface area contributed by atoms with Gasteiger partial charge in [-0.2, -0.15) is 0 Å². The minimum absolute atomic E-state index is 0.198. The van der Waals surface area contributed by atoms with Crippen molar-refractivity contribution in [3.8, 4) is 0 Å². The van der Waals surface area contributed by atoms with Gasteiger partial charge in [0.25, 0.3) is 17.7 Å². The van der Waals surface area contributed by atoms with Gasteiger partial charge in [-0.25, -0.2) is 9.29 Å². The highest BCUT2D eigenvalue weighted by atomic mass is 19.1. The number of rotatable bonds is 5. The molecule has 1 saturated heterocycles. The van der Waals surface area contributed by atoms with Crippen molar-refractivity contribution in [3.63, 3.8) is 0 Å². The molecule has 3 amide bonds. The van der Waals surface area contributed by atoms with E-state index in [-0.39, 0.29) is 30.1 Å². The molecule has 1 N–H and O–H groups in total. The van der Waals surface area contributed by atoms with Crippen LogP contribution in [0.3, 0.4) is 0 Å². The Labute approximate surface area is 180 Å². The molecule has 7 heteroatoms. The van der Waals surface area contributed by atoms with Crippen LogP contribution in [0.2, 0.25) is 0 Å². The van der Waals surface area contributed by atoms with Crippen molar-refractivity contribution in [2.24, 2.45) is 5.92 Å². The molecule has 6 nitrogen and oxygen atoms in total. The number of nitrogens with zero attached hydrogens (tertiary/aromatic N) is 2. The molecule has 160 valence electrons. The minimum atomic E-state index is -0.373. The van der Waals surface area contributed by atoms with Gasteiger partial charge in [0.1, 0.15) is 11.5 Å². The standard InChI is InChI=1S/C24H24FN3O3/c1-16-9-11-27(12-10-16)21-14-22(29)28(24(21)31)20-7-5-18(6-8-20)23(30)26-15-17-3-2-4-19(25)13-17/h2-8,13-14,16H,9-12,15H2,1H3,(H,26,30). The second-order valence-corrected chi connectivity index (χ2v) is 8.04. The van der Waals surface area contributed by atoms with Crippen molar-refractivity contribution in [2.75, 3.05) is 18.0 Å². The molecular weight excluding hydrogens is 397 g/mol. The molecule has 1 fully saturated rings. The van der Waals surface area contributed by atoms with Gasteiger partial charge < -0.3 is 10.2 Å². The lowest BCUT2D eigenvalue weighted by Crippen LogP contribution is -2.38. The van der Waals surface area contributed by atoms with E-state index in [2.05, 4.69) is 12.2 Å². The average Bonchev–Trinajstić information content (AvgIpc) is 3.06. The largest absolute Gasteiger partial charge is 0.367 e. The lowest BCUT2D eigenvalue weighted by Gasteiger charge is -2.32. The van der Waals surface area contributed by atoms with E-state index in [0.717, 1.165) is 30.8 Å². The molecule has 0 unspecified atom stereocenters. The van der Waals surface area contributed by atoms with Crippen molar-refractivity contribution < 1.29 is 18.8 Å². The number of carbonyl (C=O) groups excluding carboxylic acids is 3. The summed E-state index contributed by atoms with van der Waals surface area (Å²) >= 11 is 0. The van der Waals surface area contributed by atoms with Gasteiger partial charge in [0.15, 0.2) is 0 Å². The van der Waals surface area contributed by atoms with Crippen LogP contribution in [0.5, 0.6) is 0 Å². The Morgan fingerprint density at radius 3 is 2.48 bits per heavy atom. The lowest BCUT2D eigenvalue weighted by atomic mass is 9.99. The van der Waals surface area contributed by atoms with Crippen LogP contribution in [0.4, 0.5) is 10.1 Å². The average molecular weight is 421 g/mol. The topological polar surface area (TPSA) is 69.7 Å². The molecule has 0 radical (unpaired) electrons. The number of anilines is 1. The van der Waals surface area contributed by atoms with Crippen molar-refractivity contribution in [1.29, 1.82) is 0 Å². The van der Waals surface area contributed by atoms with E-state index in [1.807, 2.05) is 4.90 Å². The number of imide groups is 1. The van der Waals surface area contributed by atoms with Crippen LogP contribution < -0.4 is 10.2 Å². The molecule has 2 aromatic rings. The van der Waals surface area contributed by atoms with Gasteiger partial charge in [-0.05, 0) is 60.7 Å². The maximum absolute atomic E-state index is 13.3. The van der Waals surface area contributed by atoms with E-state index in [1.165, 1.54) is 18.2 Å². The highest BCUT2D eigenvalue weighted by Crippen LogP contribution is 2.27. The number of piperidine rings is 1. The van der Waals surface area contributed by atoms with E-state index in [0.29, 0.717) is 28.4 Å². The first kappa shape index (κ1) is 20.8. The molecule has 0 atom stereocenters. The molecule has 0 bridgehead atoms. The molecular formula is C24H24FN3O3. The van der Waals surface area contributed by atoms with Gasteiger partial charge in [0.05, 0.1) is 5.69 Å². The first-order chi connectivity index (χ1) is 14.9. The highest BCUT2D eigenvalue weighted by Gasteiger charge is 2.36. The fraction of sp³-hybridized carbons (Fsp3) is 0.292. The number of amides is 3. The summed E-state index contributed by atoms with van der Waals surface area (Å²) in [5, 5.41) is 2.73. The van der Waals surface area contributed by atoms with Crippen molar-refractivity contribution in [3.05, 3.63) is 77.2 Å². The molecule has 2 aliphatic rings. The number of nitrogens with one attached hydrogen (secondary N) is 1. The number of hydrogen-bond donors (Lipinski definition) is 1. The molecule has 0 aliphatic carbocycles. The molecule has 2 aliphatic heterocycles. The first-order valence-corrected chi connectivity index (χ1v) is 10.4. The van der Waals surface area contributed by atoms with Crippen LogP contribution in [-0.2, 0) is 16.1 Å². The first-order valence-electron chi connectivity index (χ1n) is 10.4. The minimum Gasteiger partial charge on any atom is -0.367 e. The van der Waals surface area contributed by atoms with E-state index in [4.69, 9.17) is 0 Å². The van der Waals surface area contributed by atoms with E-state index >= 15 is 0 Å².